The van der Waals surface area contributed by atoms with Gasteiger partial charge < -0.3 is 10.2 Å². The average molecular weight is 302 g/mol. The summed E-state index contributed by atoms with van der Waals surface area (Å²) in [5.41, 5.74) is 1.34. The first-order chi connectivity index (χ1) is 10.3. The van der Waals surface area contributed by atoms with E-state index in [2.05, 4.69) is 15.3 Å². The fourth-order valence-electron chi connectivity index (χ4n) is 2.54. The molecule has 5 nitrogen and oxygen atoms in total. The predicted molar refractivity (Wildman–Crippen MR) is 83.3 cm³/mol. The Bertz CT molecular complexity index is 613. The monoisotopic (exact) mass is 302 g/mol. The van der Waals surface area contributed by atoms with Gasteiger partial charge in [-0.15, -0.1) is 11.3 Å². The first kappa shape index (κ1) is 14.2. The minimum absolute atomic E-state index is 0.0216. The van der Waals surface area contributed by atoms with Crippen molar-refractivity contribution in [3.63, 3.8) is 0 Å². The maximum atomic E-state index is 12.5. The van der Waals surface area contributed by atoms with Crippen molar-refractivity contribution < 1.29 is 4.79 Å². The molecule has 6 heteroatoms. The Hall–Kier alpha value is -1.79. The van der Waals surface area contributed by atoms with Gasteiger partial charge in [0.05, 0.1) is 5.69 Å². The third-order valence-electron chi connectivity index (χ3n) is 3.72. The van der Waals surface area contributed by atoms with Crippen LogP contribution in [0.15, 0.2) is 29.8 Å². The fourth-order valence-corrected chi connectivity index (χ4v) is 3.31. The predicted octanol–water partition coefficient (Wildman–Crippen LogP) is 2.03. The number of amides is 1. The van der Waals surface area contributed by atoms with Crippen LogP contribution >= 0.6 is 11.3 Å². The highest BCUT2D eigenvalue weighted by molar-refractivity contribution is 7.13. The quantitative estimate of drug-likeness (QED) is 0.942. The van der Waals surface area contributed by atoms with Gasteiger partial charge in [0.1, 0.15) is 10.7 Å². The molecule has 0 bridgehead atoms. The molecule has 1 fully saturated rings. The van der Waals surface area contributed by atoms with Crippen LogP contribution < -0.4 is 5.32 Å². The Labute approximate surface area is 128 Å². The lowest BCUT2D eigenvalue weighted by Crippen LogP contribution is -2.47. The summed E-state index contributed by atoms with van der Waals surface area (Å²) in [6, 6.07) is 6.09. The van der Waals surface area contributed by atoms with E-state index in [9.17, 15) is 4.79 Å². The maximum absolute atomic E-state index is 12.5. The summed E-state index contributed by atoms with van der Waals surface area (Å²) in [6.07, 6.45) is 3.89. The van der Waals surface area contributed by atoms with Crippen LogP contribution in [0.3, 0.4) is 0 Å². The molecular formula is C15H18N4OS. The van der Waals surface area contributed by atoms with Gasteiger partial charge in [0.25, 0.3) is 5.91 Å². The van der Waals surface area contributed by atoms with E-state index < -0.39 is 0 Å². The van der Waals surface area contributed by atoms with Crippen LogP contribution in [-0.2, 0) is 0 Å². The molecule has 3 rings (SSSR count). The number of nitrogens with one attached hydrogen (secondary N) is 1. The second kappa shape index (κ2) is 6.32. The van der Waals surface area contributed by atoms with Crippen molar-refractivity contribution in [3.8, 4) is 10.7 Å². The molecule has 1 saturated heterocycles. The van der Waals surface area contributed by atoms with Crippen molar-refractivity contribution in [3.05, 3.63) is 35.5 Å². The van der Waals surface area contributed by atoms with Gasteiger partial charge in [0.15, 0.2) is 0 Å². The van der Waals surface area contributed by atoms with E-state index in [1.165, 1.54) is 11.3 Å². The van der Waals surface area contributed by atoms with Crippen molar-refractivity contribution in [2.24, 2.45) is 0 Å². The lowest BCUT2D eigenvalue weighted by atomic mass is 10.1. The molecule has 0 spiro atoms. The zero-order valence-corrected chi connectivity index (χ0v) is 12.8. The summed E-state index contributed by atoms with van der Waals surface area (Å²) in [4.78, 5) is 23.1. The highest BCUT2D eigenvalue weighted by atomic mass is 32.1. The lowest BCUT2D eigenvalue weighted by Gasteiger charge is -2.32. The summed E-state index contributed by atoms with van der Waals surface area (Å²) in [7, 11) is 1.95. The number of nitrogens with zero attached hydrogens (tertiary/aromatic N) is 3. The number of carbonyl (C=O) groups excluding carboxylic acids is 1. The van der Waals surface area contributed by atoms with Crippen LogP contribution in [0.5, 0.6) is 0 Å². The largest absolute Gasteiger partial charge is 0.336 e. The number of piperidine rings is 1. The van der Waals surface area contributed by atoms with E-state index in [-0.39, 0.29) is 5.91 Å². The summed E-state index contributed by atoms with van der Waals surface area (Å²) < 4.78 is 0. The number of likely N-dealkylation sites (tertiary alicyclic amines) is 1. The van der Waals surface area contributed by atoms with E-state index in [4.69, 9.17) is 0 Å². The number of thiazole rings is 1. The zero-order chi connectivity index (χ0) is 14.7. The molecule has 21 heavy (non-hydrogen) atoms. The van der Waals surface area contributed by atoms with Crippen molar-refractivity contribution in [2.75, 3.05) is 20.1 Å². The number of carbonyl (C=O) groups is 1. The summed E-state index contributed by atoms with van der Waals surface area (Å²) in [5.74, 6) is 0.0216. The van der Waals surface area contributed by atoms with Gasteiger partial charge in [0.2, 0.25) is 0 Å². The molecule has 0 radical (unpaired) electrons. The molecule has 1 unspecified atom stereocenters. The standard InChI is InChI=1S/C15H18N4OS/c1-16-11-5-4-8-19(9-11)15(20)13-10-21-14(18-13)12-6-2-3-7-17-12/h2-3,6-7,10-11,16H,4-5,8-9H2,1H3. The van der Waals surface area contributed by atoms with Crippen LogP contribution in [0, 0.1) is 0 Å². The van der Waals surface area contributed by atoms with Crippen LogP contribution in [-0.4, -0.2) is 47.0 Å². The van der Waals surface area contributed by atoms with E-state index in [0.717, 1.165) is 36.6 Å². The van der Waals surface area contributed by atoms with Gasteiger partial charge >= 0.3 is 0 Å². The van der Waals surface area contributed by atoms with Crippen molar-refractivity contribution in [1.29, 1.82) is 0 Å². The van der Waals surface area contributed by atoms with E-state index in [1.54, 1.807) is 6.20 Å². The summed E-state index contributed by atoms with van der Waals surface area (Å²) in [5, 5.41) is 5.87. The highest BCUT2D eigenvalue weighted by Gasteiger charge is 2.25. The molecule has 2 aromatic heterocycles. The van der Waals surface area contributed by atoms with Gasteiger partial charge in [0, 0.05) is 30.7 Å². The topological polar surface area (TPSA) is 58.1 Å². The molecule has 3 heterocycles. The smallest absolute Gasteiger partial charge is 0.273 e. The molecule has 1 aliphatic rings. The first-order valence-corrected chi connectivity index (χ1v) is 7.99. The van der Waals surface area contributed by atoms with Gasteiger partial charge in [-0.25, -0.2) is 4.98 Å². The Balaban J connectivity index is 1.75. The van der Waals surface area contributed by atoms with Gasteiger partial charge in [-0.3, -0.25) is 9.78 Å². The number of hydrogen-bond donors (Lipinski definition) is 1. The average Bonchev–Trinajstić information content (AvgIpc) is 3.05. The van der Waals surface area contributed by atoms with Crippen molar-refractivity contribution >= 4 is 17.2 Å². The Morgan fingerprint density at radius 3 is 3.14 bits per heavy atom. The second-order valence-electron chi connectivity index (χ2n) is 5.13. The summed E-state index contributed by atoms with van der Waals surface area (Å²) >= 11 is 1.46. The molecule has 0 aliphatic carbocycles. The first-order valence-electron chi connectivity index (χ1n) is 7.11. The normalized spacial score (nSPS) is 18.7. The zero-order valence-electron chi connectivity index (χ0n) is 12.0. The van der Waals surface area contributed by atoms with E-state index in [0.29, 0.717) is 11.7 Å². The van der Waals surface area contributed by atoms with Crippen LogP contribution in [0.25, 0.3) is 10.7 Å². The molecule has 0 aromatic carbocycles. The SMILES string of the molecule is CNC1CCCN(C(=O)c2csc(-c3ccccn3)n2)C1. The van der Waals surface area contributed by atoms with Crippen LogP contribution in [0.1, 0.15) is 23.3 Å². The van der Waals surface area contributed by atoms with Crippen molar-refractivity contribution in [1.82, 2.24) is 20.2 Å². The Kier molecular flexibility index (Phi) is 4.26. The number of hydrogen-bond acceptors (Lipinski definition) is 5. The number of aromatic nitrogens is 2. The number of pyridine rings is 1. The van der Waals surface area contributed by atoms with E-state index >= 15 is 0 Å². The molecule has 1 aliphatic heterocycles. The summed E-state index contributed by atoms with van der Waals surface area (Å²) in [6.45, 7) is 1.57. The lowest BCUT2D eigenvalue weighted by molar-refractivity contribution is 0.0693. The molecule has 1 atom stereocenters. The second-order valence-corrected chi connectivity index (χ2v) is 5.99. The third-order valence-corrected chi connectivity index (χ3v) is 4.59. The highest BCUT2D eigenvalue weighted by Crippen LogP contribution is 2.23. The van der Waals surface area contributed by atoms with Gasteiger partial charge in [-0.2, -0.15) is 0 Å². The molecule has 1 amide bonds. The van der Waals surface area contributed by atoms with Gasteiger partial charge in [-0.1, -0.05) is 6.07 Å². The Morgan fingerprint density at radius 1 is 1.48 bits per heavy atom. The van der Waals surface area contributed by atoms with Crippen LogP contribution in [0.4, 0.5) is 0 Å². The number of rotatable bonds is 3. The Morgan fingerprint density at radius 2 is 2.38 bits per heavy atom. The molecule has 1 N–H and O–H groups in total. The van der Waals surface area contributed by atoms with E-state index in [1.807, 2.05) is 35.5 Å². The molecular weight excluding hydrogens is 284 g/mol. The molecule has 110 valence electrons. The minimum atomic E-state index is 0.0216. The number of likely N-dealkylation sites (N-methyl/N-ethyl adjacent to an activating group) is 1. The van der Waals surface area contributed by atoms with Crippen molar-refractivity contribution in [2.45, 2.75) is 18.9 Å². The minimum Gasteiger partial charge on any atom is -0.336 e. The fraction of sp³-hybridized carbons (Fsp3) is 0.400. The van der Waals surface area contributed by atoms with Crippen LogP contribution in [0.2, 0.25) is 0 Å². The molecule has 2 aromatic rings. The third kappa shape index (κ3) is 3.11. The molecule has 0 saturated carbocycles. The van der Waals surface area contributed by atoms with Gasteiger partial charge in [-0.05, 0) is 32.0 Å². The maximum Gasteiger partial charge on any atom is 0.273 e.